The number of nitrogens with two attached hydrogens (primary N) is 2. The monoisotopic (exact) mass is 373 g/mol. The van der Waals surface area contributed by atoms with Gasteiger partial charge in [0.25, 0.3) is 0 Å². The topological polar surface area (TPSA) is 194 Å². The first-order valence-electron chi connectivity index (χ1n) is 8.09. The van der Waals surface area contributed by atoms with Crippen LogP contribution in [0.3, 0.4) is 0 Å². The van der Waals surface area contributed by atoms with Gasteiger partial charge in [0.05, 0.1) is 13.0 Å². The van der Waals surface area contributed by atoms with Gasteiger partial charge < -0.3 is 32.5 Å². The van der Waals surface area contributed by atoms with Crippen molar-refractivity contribution in [2.24, 2.45) is 17.4 Å². The summed E-state index contributed by atoms with van der Waals surface area (Å²) in [6.45, 7) is 4.63. The molecule has 0 aliphatic carbocycles. The summed E-state index contributed by atoms with van der Waals surface area (Å²) in [6, 6.07) is -3.36. The summed E-state index contributed by atoms with van der Waals surface area (Å²) in [7, 11) is 0. The fourth-order valence-electron chi connectivity index (χ4n) is 2.03. The molecule has 0 spiro atoms. The Morgan fingerprint density at radius 1 is 0.923 bits per heavy atom. The Morgan fingerprint density at radius 2 is 1.50 bits per heavy atom. The molecule has 0 bridgehead atoms. The van der Waals surface area contributed by atoms with Gasteiger partial charge in [-0.05, 0) is 19.3 Å². The van der Waals surface area contributed by atoms with Crippen molar-refractivity contribution in [3.05, 3.63) is 0 Å². The van der Waals surface area contributed by atoms with Gasteiger partial charge in [0.2, 0.25) is 23.6 Å². The van der Waals surface area contributed by atoms with E-state index in [0.29, 0.717) is 6.42 Å². The molecule has 0 saturated carbocycles. The van der Waals surface area contributed by atoms with E-state index < -0.39 is 60.7 Å². The number of rotatable bonds is 11. The molecule has 0 aromatic heterocycles. The molecular formula is C15H27N5O6. The number of hydrogen-bond acceptors (Lipinski definition) is 6. The molecule has 0 saturated heterocycles. The fourth-order valence-corrected chi connectivity index (χ4v) is 2.03. The van der Waals surface area contributed by atoms with Gasteiger partial charge in [0.1, 0.15) is 18.1 Å². The quantitative estimate of drug-likeness (QED) is 0.229. The van der Waals surface area contributed by atoms with Crippen LogP contribution in [0.15, 0.2) is 0 Å². The number of carbonyl (C=O) groups is 5. The van der Waals surface area contributed by atoms with E-state index in [1.54, 1.807) is 0 Å². The summed E-state index contributed by atoms with van der Waals surface area (Å²) < 4.78 is 0. The van der Waals surface area contributed by atoms with Crippen LogP contribution in [-0.2, 0) is 24.0 Å². The van der Waals surface area contributed by atoms with Gasteiger partial charge in [-0.1, -0.05) is 13.8 Å². The second-order valence-electron chi connectivity index (χ2n) is 6.25. The highest BCUT2D eigenvalue weighted by atomic mass is 16.4. The highest BCUT2D eigenvalue weighted by molar-refractivity contribution is 5.95. The SMILES string of the molecule is CC(C)C[C@H](NC(=O)[C@H](C)NC(=O)[C@H](CC(=O)O)NC(=O)CN)C(N)=O. The maximum Gasteiger partial charge on any atom is 0.305 e. The molecule has 26 heavy (non-hydrogen) atoms. The number of carboxylic acids is 1. The Bertz CT molecular complexity index is 551. The number of amides is 4. The Labute approximate surface area is 151 Å². The van der Waals surface area contributed by atoms with E-state index >= 15 is 0 Å². The molecular weight excluding hydrogens is 346 g/mol. The van der Waals surface area contributed by atoms with Gasteiger partial charge in [-0.2, -0.15) is 0 Å². The van der Waals surface area contributed by atoms with Gasteiger partial charge in [-0.3, -0.25) is 24.0 Å². The van der Waals surface area contributed by atoms with Crippen LogP contribution >= 0.6 is 0 Å². The van der Waals surface area contributed by atoms with Gasteiger partial charge in [0.15, 0.2) is 0 Å². The van der Waals surface area contributed by atoms with Crippen molar-refractivity contribution in [3.8, 4) is 0 Å². The third-order valence-corrected chi connectivity index (χ3v) is 3.33. The van der Waals surface area contributed by atoms with E-state index in [9.17, 15) is 24.0 Å². The standard InChI is InChI=1S/C15H27N5O6/c1-7(2)4-9(13(17)24)20-14(25)8(3)18-15(26)10(5-12(22)23)19-11(21)6-16/h7-10H,4-6,16H2,1-3H3,(H2,17,24)(H,18,26)(H,19,21)(H,20,25)(H,22,23)/t8-,9-,10-/m0/s1. The molecule has 0 radical (unpaired) electrons. The van der Waals surface area contributed by atoms with Crippen molar-refractivity contribution in [3.63, 3.8) is 0 Å². The first-order valence-corrected chi connectivity index (χ1v) is 8.09. The highest BCUT2D eigenvalue weighted by Gasteiger charge is 2.28. The summed E-state index contributed by atoms with van der Waals surface area (Å²) in [5.74, 6) is -4.16. The van der Waals surface area contributed by atoms with E-state index in [2.05, 4.69) is 16.0 Å². The highest BCUT2D eigenvalue weighted by Crippen LogP contribution is 2.05. The third-order valence-electron chi connectivity index (χ3n) is 3.33. The number of carbonyl (C=O) groups excluding carboxylic acids is 4. The van der Waals surface area contributed by atoms with E-state index in [1.807, 2.05) is 13.8 Å². The van der Waals surface area contributed by atoms with Crippen molar-refractivity contribution in [1.82, 2.24) is 16.0 Å². The molecule has 0 heterocycles. The number of nitrogens with one attached hydrogen (secondary N) is 3. The van der Waals surface area contributed by atoms with Gasteiger partial charge >= 0.3 is 5.97 Å². The lowest BCUT2D eigenvalue weighted by Gasteiger charge is -2.22. The van der Waals surface area contributed by atoms with Crippen LogP contribution in [0, 0.1) is 5.92 Å². The van der Waals surface area contributed by atoms with E-state index in [1.165, 1.54) is 6.92 Å². The number of primary amides is 1. The molecule has 0 aliphatic heterocycles. The average molecular weight is 373 g/mol. The Kier molecular flexibility index (Phi) is 9.89. The number of carboxylic acid groups (broad SMARTS) is 1. The van der Waals surface area contributed by atoms with Crippen LogP contribution < -0.4 is 27.4 Å². The molecule has 11 heteroatoms. The summed E-state index contributed by atoms with van der Waals surface area (Å²) in [6.07, 6.45) is -0.348. The average Bonchev–Trinajstić information content (AvgIpc) is 2.52. The van der Waals surface area contributed by atoms with Crippen molar-refractivity contribution in [2.75, 3.05) is 6.54 Å². The first kappa shape index (κ1) is 23.3. The number of aliphatic carboxylic acids is 1. The van der Waals surface area contributed by atoms with Crippen LogP contribution in [0.5, 0.6) is 0 Å². The molecule has 148 valence electrons. The largest absolute Gasteiger partial charge is 0.481 e. The Hall–Kier alpha value is -2.69. The molecule has 4 amide bonds. The minimum atomic E-state index is -1.39. The molecule has 0 fully saturated rings. The number of hydrogen-bond donors (Lipinski definition) is 6. The molecule has 11 nitrogen and oxygen atoms in total. The predicted molar refractivity (Wildman–Crippen MR) is 91.4 cm³/mol. The molecule has 8 N–H and O–H groups in total. The van der Waals surface area contributed by atoms with Crippen LogP contribution in [-0.4, -0.2) is 59.4 Å². The zero-order valence-electron chi connectivity index (χ0n) is 15.1. The summed E-state index contributed by atoms with van der Waals surface area (Å²) in [4.78, 5) is 57.8. The van der Waals surface area contributed by atoms with Gasteiger partial charge in [-0.25, -0.2) is 0 Å². The van der Waals surface area contributed by atoms with Crippen LogP contribution in [0.25, 0.3) is 0 Å². The minimum absolute atomic E-state index is 0.101. The lowest BCUT2D eigenvalue weighted by molar-refractivity contribution is -0.141. The predicted octanol–water partition coefficient (Wildman–Crippen LogP) is -2.57. The molecule has 0 aromatic rings. The Morgan fingerprint density at radius 3 is 1.92 bits per heavy atom. The maximum atomic E-state index is 12.1. The molecule has 3 atom stereocenters. The zero-order chi connectivity index (χ0) is 20.4. The second kappa shape index (κ2) is 11.0. The fraction of sp³-hybridized carbons (Fsp3) is 0.667. The minimum Gasteiger partial charge on any atom is -0.481 e. The van der Waals surface area contributed by atoms with E-state index in [-0.39, 0.29) is 5.92 Å². The first-order chi connectivity index (χ1) is 12.0. The lowest BCUT2D eigenvalue weighted by Crippen LogP contribution is -2.56. The molecule has 0 aliphatic rings. The normalized spacial score (nSPS) is 14.0. The van der Waals surface area contributed by atoms with Crippen molar-refractivity contribution in [2.45, 2.75) is 51.7 Å². The zero-order valence-corrected chi connectivity index (χ0v) is 15.1. The molecule has 0 unspecified atom stereocenters. The van der Waals surface area contributed by atoms with Crippen molar-refractivity contribution in [1.29, 1.82) is 0 Å². The van der Waals surface area contributed by atoms with Gasteiger partial charge in [0, 0.05) is 0 Å². The second-order valence-corrected chi connectivity index (χ2v) is 6.25. The molecule has 0 aromatic carbocycles. The van der Waals surface area contributed by atoms with Crippen molar-refractivity contribution >= 4 is 29.6 Å². The summed E-state index contributed by atoms with van der Waals surface area (Å²) in [5.41, 5.74) is 10.4. The van der Waals surface area contributed by atoms with Crippen LogP contribution in [0.4, 0.5) is 0 Å². The maximum absolute atomic E-state index is 12.1. The summed E-state index contributed by atoms with van der Waals surface area (Å²) in [5, 5.41) is 15.7. The van der Waals surface area contributed by atoms with Crippen molar-refractivity contribution < 1.29 is 29.1 Å². The Balaban J connectivity index is 4.90. The lowest BCUT2D eigenvalue weighted by atomic mass is 10.0. The van der Waals surface area contributed by atoms with E-state index in [0.717, 1.165) is 0 Å². The molecule has 0 rings (SSSR count). The summed E-state index contributed by atoms with van der Waals surface area (Å²) >= 11 is 0. The van der Waals surface area contributed by atoms with Crippen LogP contribution in [0.1, 0.15) is 33.6 Å². The van der Waals surface area contributed by atoms with Gasteiger partial charge in [-0.15, -0.1) is 0 Å². The van der Waals surface area contributed by atoms with E-state index in [4.69, 9.17) is 16.6 Å². The smallest absolute Gasteiger partial charge is 0.305 e. The third kappa shape index (κ3) is 8.97. The van der Waals surface area contributed by atoms with Crippen LogP contribution in [0.2, 0.25) is 0 Å².